The van der Waals surface area contributed by atoms with Crippen molar-refractivity contribution in [2.45, 2.75) is 32.9 Å². The van der Waals surface area contributed by atoms with E-state index in [0.717, 1.165) is 23.4 Å². The third-order valence-electron chi connectivity index (χ3n) is 4.03. The summed E-state index contributed by atoms with van der Waals surface area (Å²) < 4.78 is 20.0. The van der Waals surface area contributed by atoms with E-state index >= 15 is 0 Å². The van der Waals surface area contributed by atoms with Gasteiger partial charge in [-0.2, -0.15) is 5.10 Å². The van der Waals surface area contributed by atoms with Crippen LogP contribution in [-0.2, 0) is 17.8 Å². The van der Waals surface area contributed by atoms with Crippen LogP contribution >= 0.6 is 0 Å². The Kier molecular flexibility index (Phi) is 4.43. The molecule has 1 aliphatic heterocycles. The number of nitrogens with one attached hydrogen (secondary N) is 1. The van der Waals surface area contributed by atoms with Crippen LogP contribution in [0.4, 0.5) is 4.39 Å². The fourth-order valence-electron chi connectivity index (χ4n) is 3.00. The van der Waals surface area contributed by atoms with Crippen molar-refractivity contribution >= 4 is 5.97 Å². The molecule has 6 heteroatoms. The SMILES string of the molecule is CCOC(=O)c1nn(Cc2ccc(F)cc2)c2c1CNCC2C. The molecule has 1 N–H and O–H groups in total. The highest BCUT2D eigenvalue weighted by molar-refractivity contribution is 5.89. The van der Waals surface area contributed by atoms with Crippen molar-refractivity contribution in [1.82, 2.24) is 15.1 Å². The molecule has 5 nitrogen and oxygen atoms in total. The Morgan fingerprint density at radius 3 is 2.87 bits per heavy atom. The van der Waals surface area contributed by atoms with E-state index in [2.05, 4.69) is 17.3 Å². The summed E-state index contributed by atoms with van der Waals surface area (Å²) in [7, 11) is 0. The molecule has 1 aromatic carbocycles. The highest BCUT2D eigenvalue weighted by Gasteiger charge is 2.29. The van der Waals surface area contributed by atoms with Crippen LogP contribution < -0.4 is 5.32 Å². The van der Waals surface area contributed by atoms with Crippen LogP contribution in [0, 0.1) is 5.82 Å². The summed E-state index contributed by atoms with van der Waals surface area (Å²) in [5.41, 5.74) is 3.28. The first-order valence-corrected chi connectivity index (χ1v) is 7.82. The number of carbonyl (C=O) groups excluding carboxylic acids is 1. The fraction of sp³-hybridized carbons (Fsp3) is 0.412. The highest BCUT2D eigenvalue weighted by Crippen LogP contribution is 2.27. The maximum atomic E-state index is 13.1. The highest BCUT2D eigenvalue weighted by atomic mass is 19.1. The molecule has 1 aliphatic rings. The first kappa shape index (κ1) is 15.7. The first-order valence-electron chi connectivity index (χ1n) is 7.82. The number of halogens is 1. The lowest BCUT2D eigenvalue weighted by molar-refractivity contribution is 0.0517. The number of ether oxygens (including phenoxy) is 1. The Morgan fingerprint density at radius 2 is 2.17 bits per heavy atom. The third-order valence-corrected chi connectivity index (χ3v) is 4.03. The molecule has 0 spiro atoms. The lowest BCUT2D eigenvalue weighted by atomic mass is 9.97. The number of hydrogen-bond acceptors (Lipinski definition) is 4. The maximum Gasteiger partial charge on any atom is 0.359 e. The molecular weight excluding hydrogens is 297 g/mol. The Bertz CT molecular complexity index is 709. The van der Waals surface area contributed by atoms with Gasteiger partial charge in [-0.15, -0.1) is 0 Å². The number of rotatable bonds is 4. The number of aromatic nitrogens is 2. The van der Waals surface area contributed by atoms with Gasteiger partial charge in [-0.05, 0) is 24.6 Å². The number of benzene rings is 1. The van der Waals surface area contributed by atoms with Gasteiger partial charge < -0.3 is 10.1 Å². The van der Waals surface area contributed by atoms with Crippen molar-refractivity contribution in [3.05, 3.63) is 52.6 Å². The molecule has 1 atom stereocenters. The zero-order valence-electron chi connectivity index (χ0n) is 13.3. The number of carbonyl (C=O) groups is 1. The minimum absolute atomic E-state index is 0.245. The van der Waals surface area contributed by atoms with Gasteiger partial charge in [0.2, 0.25) is 0 Å². The quantitative estimate of drug-likeness (QED) is 0.880. The Labute approximate surface area is 134 Å². The van der Waals surface area contributed by atoms with E-state index < -0.39 is 5.97 Å². The van der Waals surface area contributed by atoms with Gasteiger partial charge in [-0.25, -0.2) is 9.18 Å². The summed E-state index contributed by atoms with van der Waals surface area (Å²) in [6.07, 6.45) is 0. The normalized spacial score (nSPS) is 16.9. The van der Waals surface area contributed by atoms with Gasteiger partial charge in [0, 0.05) is 30.3 Å². The Balaban J connectivity index is 1.99. The molecular formula is C17H20FN3O2. The zero-order valence-corrected chi connectivity index (χ0v) is 13.3. The Morgan fingerprint density at radius 1 is 1.43 bits per heavy atom. The summed E-state index contributed by atoms with van der Waals surface area (Å²) in [5, 5.41) is 7.79. The molecule has 1 aromatic heterocycles. The van der Waals surface area contributed by atoms with Gasteiger partial charge in [0.25, 0.3) is 0 Å². The molecule has 1 unspecified atom stereocenters. The second kappa shape index (κ2) is 6.50. The molecule has 0 saturated carbocycles. The Hall–Kier alpha value is -2.21. The van der Waals surface area contributed by atoms with Gasteiger partial charge in [0.15, 0.2) is 5.69 Å². The van der Waals surface area contributed by atoms with Gasteiger partial charge >= 0.3 is 5.97 Å². The number of fused-ring (bicyclic) bond motifs is 1. The summed E-state index contributed by atoms with van der Waals surface area (Å²) in [6, 6.07) is 6.34. The van der Waals surface area contributed by atoms with Crippen molar-refractivity contribution in [2.24, 2.45) is 0 Å². The van der Waals surface area contributed by atoms with Crippen molar-refractivity contribution in [2.75, 3.05) is 13.2 Å². The van der Waals surface area contributed by atoms with Gasteiger partial charge in [0.05, 0.1) is 13.2 Å². The van der Waals surface area contributed by atoms with E-state index in [4.69, 9.17) is 4.74 Å². The average molecular weight is 317 g/mol. The number of hydrogen-bond donors (Lipinski definition) is 1. The van der Waals surface area contributed by atoms with Crippen molar-refractivity contribution in [3.8, 4) is 0 Å². The summed E-state index contributed by atoms with van der Waals surface area (Å²) >= 11 is 0. The fourth-order valence-corrected chi connectivity index (χ4v) is 3.00. The molecule has 0 radical (unpaired) electrons. The van der Waals surface area contributed by atoms with E-state index in [-0.39, 0.29) is 11.7 Å². The third kappa shape index (κ3) is 3.12. The van der Waals surface area contributed by atoms with Crippen LogP contribution in [0.3, 0.4) is 0 Å². The molecule has 0 fully saturated rings. The van der Waals surface area contributed by atoms with Crippen molar-refractivity contribution in [1.29, 1.82) is 0 Å². The monoisotopic (exact) mass is 317 g/mol. The predicted octanol–water partition coefficient (Wildman–Crippen LogP) is 2.45. The molecule has 2 heterocycles. The average Bonchev–Trinajstić information content (AvgIpc) is 2.90. The van der Waals surface area contributed by atoms with Crippen LogP contribution in [0.15, 0.2) is 24.3 Å². The van der Waals surface area contributed by atoms with Crippen LogP contribution in [0.5, 0.6) is 0 Å². The largest absolute Gasteiger partial charge is 0.461 e. The molecule has 0 amide bonds. The van der Waals surface area contributed by atoms with E-state index in [1.807, 2.05) is 4.68 Å². The predicted molar refractivity (Wildman–Crippen MR) is 83.8 cm³/mol. The number of nitrogens with zero attached hydrogens (tertiary/aromatic N) is 2. The lowest BCUT2D eigenvalue weighted by Crippen LogP contribution is -2.28. The molecule has 2 aromatic rings. The molecule has 3 rings (SSSR count). The van der Waals surface area contributed by atoms with Crippen molar-refractivity contribution < 1.29 is 13.9 Å². The molecule has 122 valence electrons. The second-order valence-electron chi connectivity index (χ2n) is 5.75. The molecule has 23 heavy (non-hydrogen) atoms. The van der Waals surface area contributed by atoms with E-state index in [1.54, 1.807) is 19.1 Å². The first-order chi connectivity index (χ1) is 11.1. The van der Waals surface area contributed by atoms with Gasteiger partial charge in [-0.1, -0.05) is 19.1 Å². The van der Waals surface area contributed by atoms with E-state index in [0.29, 0.717) is 25.4 Å². The molecule has 0 saturated heterocycles. The summed E-state index contributed by atoms with van der Waals surface area (Å²) in [5.74, 6) is -0.409. The maximum absolute atomic E-state index is 13.1. The zero-order chi connectivity index (χ0) is 16.4. The standard InChI is InChI=1S/C17H20FN3O2/c1-3-23-17(22)15-14-9-19-8-11(2)16(14)21(20-15)10-12-4-6-13(18)7-5-12/h4-7,11,19H,3,8-10H2,1-2H3. The minimum atomic E-state index is -0.391. The topological polar surface area (TPSA) is 56.1 Å². The van der Waals surface area contributed by atoms with E-state index in [9.17, 15) is 9.18 Å². The summed E-state index contributed by atoms with van der Waals surface area (Å²) in [4.78, 5) is 12.2. The van der Waals surface area contributed by atoms with Gasteiger partial charge in [0.1, 0.15) is 5.82 Å². The van der Waals surface area contributed by atoms with Crippen LogP contribution in [0.25, 0.3) is 0 Å². The summed E-state index contributed by atoms with van der Waals surface area (Å²) in [6.45, 7) is 6.15. The lowest BCUT2D eigenvalue weighted by Gasteiger charge is -2.22. The minimum Gasteiger partial charge on any atom is -0.461 e. The van der Waals surface area contributed by atoms with E-state index in [1.165, 1.54) is 12.1 Å². The molecule has 0 bridgehead atoms. The van der Waals surface area contributed by atoms with Crippen LogP contribution in [-0.4, -0.2) is 28.9 Å². The smallest absolute Gasteiger partial charge is 0.359 e. The van der Waals surface area contributed by atoms with Crippen LogP contribution in [0.2, 0.25) is 0 Å². The van der Waals surface area contributed by atoms with Crippen LogP contribution in [0.1, 0.15) is 47.1 Å². The second-order valence-corrected chi connectivity index (χ2v) is 5.75. The number of esters is 1. The molecule has 0 aliphatic carbocycles. The van der Waals surface area contributed by atoms with Crippen molar-refractivity contribution in [3.63, 3.8) is 0 Å². The van der Waals surface area contributed by atoms with Gasteiger partial charge in [-0.3, -0.25) is 4.68 Å².